The Balaban J connectivity index is 1.42. The molecule has 0 fully saturated rings. The molecule has 1 N–H and O–H groups in total. The normalized spacial score (nSPS) is 13.6. The van der Waals surface area contributed by atoms with E-state index in [1.165, 1.54) is 6.92 Å². The Bertz CT molecular complexity index is 1590. The molecule has 192 valence electrons. The van der Waals surface area contributed by atoms with Crippen LogP contribution in [0.3, 0.4) is 0 Å². The van der Waals surface area contributed by atoms with Crippen LogP contribution >= 0.6 is 0 Å². The molecule has 7 heteroatoms. The highest BCUT2D eigenvalue weighted by Gasteiger charge is 2.22. The van der Waals surface area contributed by atoms with Crippen LogP contribution in [0.5, 0.6) is 5.75 Å². The molecule has 7 nitrogen and oxygen atoms in total. The second-order valence-corrected chi connectivity index (χ2v) is 9.22. The Morgan fingerprint density at radius 3 is 2.66 bits per heavy atom. The van der Waals surface area contributed by atoms with Crippen LogP contribution in [0.2, 0.25) is 0 Å². The monoisotopic (exact) mass is 506 g/mol. The molecule has 0 saturated carbocycles. The Labute approximate surface area is 221 Å². The van der Waals surface area contributed by atoms with Gasteiger partial charge in [0.2, 0.25) is 5.91 Å². The third kappa shape index (κ3) is 5.58. The molecule has 1 amide bonds. The topological polar surface area (TPSA) is 76.5 Å². The first-order chi connectivity index (χ1) is 18.5. The maximum Gasteiger partial charge on any atom is 0.261 e. The van der Waals surface area contributed by atoms with Crippen molar-refractivity contribution >= 4 is 16.8 Å². The van der Waals surface area contributed by atoms with E-state index >= 15 is 0 Å². The van der Waals surface area contributed by atoms with Gasteiger partial charge in [0.15, 0.2) is 5.75 Å². The van der Waals surface area contributed by atoms with Crippen LogP contribution in [0.4, 0.5) is 0 Å². The number of hydrogen-bond acceptors (Lipinski definition) is 5. The molecule has 0 unspecified atom stereocenters. The van der Waals surface area contributed by atoms with Gasteiger partial charge in [-0.2, -0.15) is 0 Å². The molecular weight excluding hydrogens is 476 g/mol. The van der Waals surface area contributed by atoms with Crippen molar-refractivity contribution in [2.24, 2.45) is 0 Å². The number of allylic oxidation sites excluding steroid dienone is 2. The lowest BCUT2D eigenvalue weighted by atomic mass is 10.1. The van der Waals surface area contributed by atoms with Crippen LogP contribution < -0.4 is 15.7 Å². The number of nitrogens with one attached hydrogen (secondary N) is 1. The van der Waals surface area contributed by atoms with Gasteiger partial charge in [0.1, 0.15) is 5.82 Å². The van der Waals surface area contributed by atoms with E-state index in [0.717, 1.165) is 34.6 Å². The van der Waals surface area contributed by atoms with Crippen molar-refractivity contribution in [3.05, 3.63) is 118 Å². The summed E-state index contributed by atoms with van der Waals surface area (Å²) in [7, 11) is 0. The molecular formula is C31H30N4O3. The summed E-state index contributed by atoms with van der Waals surface area (Å²) < 4.78 is 1.75. The molecule has 0 saturated heterocycles. The summed E-state index contributed by atoms with van der Waals surface area (Å²) in [6.07, 6.45) is 6.65. The zero-order valence-corrected chi connectivity index (χ0v) is 21.6. The van der Waals surface area contributed by atoms with Gasteiger partial charge < -0.3 is 10.2 Å². The van der Waals surface area contributed by atoms with Gasteiger partial charge in [-0.25, -0.2) is 4.98 Å². The van der Waals surface area contributed by atoms with E-state index in [2.05, 4.69) is 11.4 Å². The second-order valence-electron chi connectivity index (χ2n) is 9.22. The van der Waals surface area contributed by atoms with Gasteiger partial charge in [-0.3, -0.25) is 14.2 Å². The van der Waals surface area contributed by atoms with Crippen molar-refractivity contribution in [1.29, 1.82) is 0 Å². The molecule has 5 rings (SSSR count). The van der Waals surface area contributed by atoms with E-state index in [9.17, 15) is 9.59 Å². The third-order valence-corrected chi connectivity index (χ3v) is 6.29. The molecule has 3 aromatic carbocycles. The maximum atomic E-state index is 13.6. The van der Waals surface area contributed by atoms with Crippen LogP contribution in [-0.4, -0.2) is 27.1 Å². The summed E-state index contributed by atoms with van der Waals surface area (Å²) >= 11 is 0. The van der Waals surface area contributed by atoms with Crippen LogP contribution in [0.15, 0.2) is 102 Å². The van der Waals surface area contributed by atoms with Gasteiger partial charge in [0, 0.05) is 23.7 Å². The predicted molar refractivity (Wildman–Crippen MR) is 149 cm³/mol. The first-order valence-electron chi connectivity index (χ1n) is 12.8. The lowest BCUT2D eigenvalue weighted by Gasteiger charge is -2.14. The van der Waals surface area contributed by atoms with Gasteiger partial charge in [0.25, 0.3) is 5.56 Å². The Morgan fingerprint density at radius 2 is 1.87 bits per heavy atom. The Hall–Kier alpha value is -4.49. The standard InChI is InChI=1S/C31H30N4O3/c1-3-10-26(32-22(2)36)13-9-18-34-21-25-19-24(16-17-29(25)38-34)30-33-28-15-8-7-14-27(28)31(37)35(30)20-23-11-5-4-6-12-23/h4-17,19H,3,18,20-21H2,1-2H3,(H,32,36)/b13-9-,26-10+. The van der Waals surface area contributed by atoms with Gasteiger partial charge in [-0.1, -0.05) is 61.5 Å². The fourth-order valence-corrected chi connectivity index (χ4v) is 4.58. The zero-order valence-electron chi connectivity index (χ0n) is 21.6. The van der Waals surface area contributed by atoms with Crippen LogP contribution in [0.25, 0.3) is 22.3 Å². The number of aromatic nitrogens is 2. The largest absolute Gasteiger partial charge is 0.405 e. The van der Waals surface area contributed by atoms with E-state index in [1.807, 2.05) is 96.9 Å². The van der Waals surface area contributed by atoms with E-state index in [1.54, 1.807) is 4.57 Å². The third-order valence-electron chi connectivity index (χ3n) is 6.29. The highest BCUT2D eigenvalue weighted by atomic mass is 16.7. The molecule has 1 aromatic heterocycles. The van der Waals surface area contributed by atoms with Gasteiger partial charge >= 0.3 is 0 Å². The lowest BCUT2D eigenvalue weighted by Crippen LogP contribution is -2.24. The number of amides is 1. The summed E-state index contributed by atoms with van der Waals surface area (Å²) in [5, 5.41) is 5.29. The summed E-state index contributed by atoms with van der Waals surface area (Å²) in [5.41, 5.74) is 4.31. The quantitative estimate of drug-likeness (QED) is 0.332. The summed E-state index contributed by atoms with van der Waals surface area (Å²) in [6.45, 7) is 5.10. The number of benzene rings is 3. The first-order valence-corrected chi connectivity index (χ1v) is 12.8. The molecule has 0 radical (unpaired) electrons. The fourth-order valence-electron chi connectivity index (χ4n) is 4.58. The molecule has 1 aliphatic rings. The number of carbonyl (C=O) groups is 1. The van der Waals surface area contributed by atoms with Gasteiger partial charge in [-0.15, -0.1) is 5.06 Å². The van der Waals surface area contributed by atoms with Crippen molar-refractivity contribution in [3.63, 3.8) is 0 Å². The molecule has 38 heavy (non-hydrogen) atoms. The molecule has 0 spiro atoms. The number of fused-ring (bicyclic) bond motifs is 2. The molecule has 0 aliphatic carbocycles. The predicted octanol–water partition coefficient (Wildman–Crippen LogP) is 5.21. The number of rotatable bonds is 8. The van der Waals surface area contributed by atoms with Crippen molar-refractivity contribution < 1.29 is 9.63 Å². The van der Waals surface area contributed by atoms with E-state index in [-0.39, 0.29) is 11.5 Å². The average Bonchev–Trinajstić information content (AvgIpc) is 3.32. The molecule has 1 aliphatic heterocycles. The Kier molecular flexibility index (Phi) is 7.47. The van der Waals surface area contributed by atoms with E-state index in [0.29, 0.717) is 36.4 Å². The van der Waals surface area contributed by atoms with Crippen LogP contribution in [0, 0.1) is 0 Å². The minimum atomic E-state index is -0.0975. The van der Waals surface area contributed by atoms with Crippen molar-refractivity contribution in [2.75, 3.05) is 6.54 Å². The zero-order chi connectivity index (χ0) is 26.5. The second kappa shape index (κ2) is 11.3. The highest BCUT2D eigenvalue weighted by molar-refractivity contribution is 5.80. The first kappa shape index (κ1) is 25.2. The number of hydroxylamine groups is 2. The lowest BCUT2D eigenvalue weighted by molar-refractivity contribution is -0.118. The van der Waals surface area contributed by atoms with E-state index in [4.69, 9.17) is 9.82 Å². The van der Waals surface area contributed by atoms with Crippen LogP contribution in [0.1, 0.15) is 31.4 Å². The van der Waals surface area contributed by atoms with E-state index < -0.39 is 0 Å². The fraction of sp³-hybridized carbons (Fsp3) is 0.194. The smallest absolute Gasteiger partial charge is 0.261 e. The summed E-state index contributed by atoms with van der Waals surface area (Å²) in [4.78, 5) is 35.9. The van der Waals surface area contributed by atoms with Crippen molar-refractivity contribution in [1.82, 2.24) is 19.9 Å². The summed E-state index contributed by atoms with van der Waals surface area (Å²) in [5.74, 6) is 1.31. The average molecular weight is 507 g/mol. The van der Waals surface area contributed by atoms with Gasteiger partial charge in [-0.05, 0) is 48.4 Å². The number of nitrogens with zero attached hydrogens (tertiary/aromatic N) is 3. The molecule has 2 heterocycles. The van der Waals surface area contributed by atoms with Crippen molar-refractivity contribution in [2.45, 2.75) is 33.4 Å². The van der Waals surface area contributed by atoms with Gasteiger partial charge in [0.05, 0.1) is 30.5 Å². The SMILES string of the molecule is CC/C=C(\C=C/CN1Cc2cc(-c3nc4ccccc4c(=O)n3Cc3ccccc3)ccc2O1)NC(C)=O. The molecule has 0 atom stereocenters. The minimum Gasteiger partial charge on any atom is -0.405 e. The highest BCUT2D eigenvalue weighted by Crippen LogP contribution is 2.32. The van der Waals surface area contributed by atoms with Crippen molar-refractivity contribution in [3.8, 4) is 17.1 Å². The maximum absolute atomic E-state index is 13.6. The van der Waals surface area contributed by atoms with Crippen LogP contribution in [-0.2, 0) is 17.9 Å². The number of para-hydroxylation sites is 1. The molecule has 4 aromatic rings. The molecule has 0 bridgehead atoms. The summed E-state index contributed by atoms with van der Waals surface area (Å²) in [6, 6.07) is 23.3. The Morgan fingerprint density at radius 1 is 1.08 bits per heavy atom. The number of hydrogen-bond donors (Lipinski definition) is 1. The number of carbonyl (C=O) groups excluding carboxylic acids is 1. The minimum absolute atomic E-state index is 0.0620.